The lowest BCUT2D eigenvalue weighted by Crippen LogP contribution is -2.16. The molecule has 4 aromatic rings. The number of phenols is 1. The van der Waals surface area contributed by atoms with E-state index >= 15 is 0 Å². The summed E-state index contributed by atoms with van der Waals surface area (Å²) in [5, 5.41) is 18.4. The Morgan fingerprint density at radius 2 is 1.83 bits per heavy atom. The monoisotopic (exact) mass is 317 g/mol. The Kier molecular flexibility index (Phi) is 3.20. The van der Waals surface area contributed by atoms with Gasteiger partial charge < -0.3 is 5.11 Å². The predicted molar refractivity (Wildman–Crippen MR) is 93.5 cm³/mol. The summed E-state index contributed by atoms with van der Waals surface area (Å²) in [7, 11) is 0. The van der Waals surface area contributed by atoms with Crippen molar-refractivity contribution in [3.63, 3.8) is 0 Å². The van der Waals surface area contributed by atoms with Crippen LogP contribution in [0.4, 0.5) is 0 Å². The third kappa shape index (κ3) is 2.18. The maximum atomic E-state index is 12.4. The first-order valence-electron chi connectivity index (χ1n) is 7.61. The number of phenolic OH excluding ortho intramolecular Hbond substituents is 1. The summed E-state index contributed by atoms with van der Waals surface area (Å²) in [6, 6.07) is 18.8. The molecule has 0 saturated heterocycles. The third-order valence-electron chi connectivity index (χ3n) is 4.13. The van der Waals surface area contributed by atoms with Gasteiger partial charge in [0.2, 0.25) is 0 Å². The molecule has 0 aliphatic heterocycles. The van der Waals surface area contributed by atoms with Gasteiger partial charge in [-0.3, -0.25) is 0 Å². The van der Waals surface area contributed by atoms with Crippen molar-refractivity contribution in [1.29, 1.82) is 0 Å². The van der Waals surface area contributed by atoms with Gasteiger partial charge >= 0.3 is 5.69 Å². The molecule has 4 rings (SSSR count). The van der Waals surface area contributed by atoms with Crippen LogP contribution in [0.1, 0.15) is 5.56 Å². The summed E-state index contributed by atoms with van der Waals surface area (Å²) in [6.07, 6.45) is 0. The number of fused-ring (bicyclic) bond motifs is 1. The van der Waals surface area contributed by atoms with Crippen LogP contribution >= 0.6 is 0 Å². The van der Waals surface area contributed by atoms with E-state index in [9.17, 15) is 9.90 Å². The summed E-state index contributed by atoms with van der Waals surface area (Å²) >= 11 is 0. The number of aromatic nitrogens is 3. The van der Waals surface area contributed by atoms with Gasteiger partial charge in [0.1, 0.15) is 5.75 Å². The van der Waals surface area contributed by atoms with Crippen LogP contribution in [0.25, 0.3) is 27.8 Å². The highest BCUT2D eigenvalue weighted by Gasteiger charge is 2.16. The van der Waals surface area contributed by atoms with Crippen LogP contribution in [-0.4, -0.2) is 19.9 Å². The lowest BCUT2D eigenvalue weighted by atomic mass is 10.1. The summed E-state index contributed by atoms with van der Waals surface area (Å²) in [6.45, 7) is 1.88. The van der Waals surface area contributed by atoms with E-state index in [0.29, 0.717) is 5.82 Å². The van der Waals surface area contributed by atoms with Gasteiger partial charge in [-0.05, 0) is 42.1 Å². The van der Waals surface area contributed by atoms with Gasteiger partial charge in [0.15, 0.2) is 5.82 Å². The Labute approximate surface area is 137 Å². The molecule has 5 nitrogen and oxygen atoms in total. The van der Waals surface area contributed by atoms with E-state index in [0.717, 1.165) is 27.6 Å². The Balaban J connectivity index is 2.03. The second-order valence-electron chi connectivity index (χ2n) is 5.69. The molecule has 24 heavy (non-hydrogen) atoms. The zero-order valence-electron chi connectivity index (χ0n) is 13.0. The molecule has 0 spiro atoms. The van der Waals surface area contributed by atoms with E-state index in [4.69, 9.17) is 0 Å². The highest BCUT2D eigenvalue weighted by Crippen LogP contribution is 2.28. The Bertz CT molecular complexity index is 1100. The number of hydrogen-bond donors (Lipinski definition) is 2. The number of aromatic amines is 1. The van der Waals surface area contributed by atoms with Crippen molar-refractivity contribution in [3.8, 4) is 22.8 Å². The van der Waals surface area contributed by atoms with Crippen LogP contribution in [-0.2, 0) is 0 Å². The summed E-state index contributed by atoms with van der Waals surface area (Å²) in [4.78, 5) is 12.4. The smallest absolute Gasteiger partial charge is 0.348 e. The first kappa shape index (κ1) is 14.3. The SMILES string of the molecule is Cc1cc(O)ccc1-c1n[nH]c(=O)n1-c1cccc2ccccc12. The van der Waals surface area contributed by atoms with E-state index in [-0.39, 0.29) is 11.4 Å². The molecule has 0 radical (unpaired) electrons. The molecule has 0 fully saturated rings. The van der Waals surface area contributed by atoms with Crippen molar-refractivity contribution in [2.45, 2.75) is 6.92 Å². The Morgan fingerprint density at radius 3 is 2.67 bits per heavy atom. The second kappa shape index (κ2) is 5.38. The van der Waals surface area contributed by atoms with E-state index in [1.54, 1.807) is 22.8 Å². The maximum Gasteiger partial charge on any atom is 0.348 e. The molecular weight excluding hydrogens is 302 g/mol. The number of nitrogens with zero attached hydrogens (tertiary/aromatic N) is 2. The number of H-pyrrole nitrogens is 1. The van der Waals surface area contributed by atoms with Crippen LogP contribution in [0.15, 0.2) is 65.5 Å². The molecule has 0 amide bonds. The summed E-state index contributed by atoms with van der Waals surface area (Å²) < 4.78 is 1.57. The number of benzene rings is 3. The van der Waals surface area contributed by atoms with Gasteiger partial charge in [-0.1, -0.05) is 36.4 Å². The molecule has 0 atom stereocenters. The predicted octanol–water partition coefficient (Wildman–Crippen LogP) is 3.39. The van der Waals surface area contributed by atoms with E-state index < -0.39 is 0 Å². The van der Waals surface area contributed by atoms with Gasteiger partial charge in [-0.25, -0.2) is 14.5 Å². The minimum absolute atomic E-state index is 0.186. The van der Waals surface area contributed by atoms with Crippen molar-refractivity contribution >= 4 is 10.8 Å². The molecule has 0 aliphatic rings. The number of aromatic hydroxyl groups is 1. The lowest BCUT2D eigenvalue weighted by molar-refractivity contribution is 0.475. The molecule has 0 unspecified atom stereocenters. The van der Waals surface area contributed by atoms with E-state index in [1.807, 2.05) is 49.4 Å². The molecule has 0 bridgehead atoms. The number of hydrogen-bond acceptors (Lipinski definition) is 3. The van der Waals surface area contributed by atoms with Gasteiger partial charge in [0.25, 0.3) is 0 Å². The van der Waals surface area contributed by atoms with Gasteiger partial charge in [0.05, 0.1) is 5.69 Å². The number of nitrogens with one attached hydrogen (secondary N) is 1. The first-order chi connectivity index (χ1) is 11.6. The standard InChI is InChI=1S/C19H15N3O2/c1-12-11-14(23)9-10-15(12)18-20-21-19(24)22(18)17-8-4-6-13-5-2-3-7-16(13)17/h2-11,23H,1H3,(H,21,24). The minimum Gasteiger partial charge on any atom is -0.508 e. The van der Waals surface area contributed by atoms with Crippen molar-refractivity contribution in [3.05, 3.63) is 76.7 Å². The first-order valence-corrected chi connectivity index (χ1v) is 7.61. The average Bonchev–Trinajstić information content (AvgIpc) is 2.95. The molecule has 0 saturated carbocycles. The zero-order valence-corrected chi connectivity index (χ0v) is 13.0. The molecule has 2 N–H and O–H groups in total. The van der Waals surface area contributed by atoms with Crippen molar-refractivity contribution in [2.24, 2.45) is 0 Å². The molecule has 3 aromatic carbocycles. The maximum absolute atomic E-state index is 12.4. The summed E-state index contributed by atoms with van der Waals surface area (Å²) in [5.41, 5.74) is 2.11. The third-order valence-corrected chi connectivity index (χ3v) is 4.13. The fraction of sp³-hybridized carbons (Fsp3) is 0.0526. The van der Waals surface area contributed by atoms with Gasteiger partial charge in [0, 0.05) is 10.9 Å². The van der Waals surface area contributed by atoms with Crippen LogP contribution < -0.4 is 5.69 Å². The number of rotatable bonds is 2. The molecule has 5 heteroatoms. The second-order valence-corrected chi connectivity index (χ2v) is 5.69. The van der Waals surface area contributed by atoms with E-state index in [1.165, 1.54) is 0 Å². The number of aryl methyl sites for hydroxylation is 1. The average molecular weight is 317 g/mol. The van der Waals surface area contributed by atoms with Crippen LogP contribution in [0.2, 0.25) is 0 Å². The molecular formula is C19H15N3O2. The Morgan fingerprint density at radius 1 is 1.04 bits per heavy atom. The normalized spacial score (nSPS) is 11.0. The Hall–Kier alpha value is -3.34. The molecule has 0 aliphatic carbocycles. The van der Waals surface area contributed by atoms with Crippen molar-refractivity contribution in [2.75, 3.05) is 0 Å². The molecule has 118 valence electrons. The topological polar surface area (TPSA) is 70.9 Å². The quantitative estimate of drug-likeness (QED) is 0.595. The molecule has 1 aromatic heterocycles. The van der Waals surface area contributed by atoms with Crippen molar-refractivity contribution < 1.29 is 5.11 Å². The molecule has 1 heterocycles. The van der Waals surface area contributed by atoms with Crippen LogP contribution in [0.5, 0.6) is 5.75 Å². The largest absolute Gasteiger partial charge is 0.508 e. The van der Waals surface area contributed by atoms with Crippen LogP contribution in [0.3, 0.4) is 0 Å². The van der Waals surface area contributed by atoms with Gasteiger partial charge in [-0.2, -0.15) is 5.10 Å². The fourth-order valence-corrected chi connectivity index (χ4v) is 3.00. The van der Waals surface area contributed by atoms with Crippen molar-refractivity contribution in [1.82, 2.24) is 14.8 Å². The lowest BCUT2D eigenvalue weighted by Gasteiger charge is -2.11. The fourth-order valence-electron chi connectivity index (χ4n) is 3.00. The van der Waals surface area contributed by atoms with Gasteiger partial charge in [-0.15, -0.1) is 0 Å². The minimum atomic E-state index is -0.297. The summed E-state index contributed by atoms with van der Waals surface area (Å²) in [5.74, 6) is 0.708. The highest BCUT2D eigenvalue weighted by atomic mass is 16.3. The highest BCUT2D eigenvalue weighted by molar-refractivity contribution is 5.90. The van der Waals surface area contributed by atoms with E-state index in [2.05, 4.69) is 10.2 Å². The van der Waals surface area contributed by atoms with Crippen LogP contribution in [0, 0.1) is 6.92 Å². The zero-order chi connectivity index (χ0) is 16.7.